The minimum atomic E-state index is -0.267. The Morgan fingerprint density at radius 1 is 1.24 bits per heavy atom. The van der Waals surface area contributed by atoms with Gasteiger partial charge in [0.2, 0.25) is 5.78 Å². The number of rotatable bonds is 5. The summed E-state index contributed by atoms with van der Waals surface area (Å²) in [5, 5.41) is 0. The molecule has 0 atom stereocenters. The molecule has 1 heterocycles. The van der Waals surface area contributed by atoms with Crippen LogP contribution in [0.1, 0.15) is 16.1 Å². The second-order valence-electron chi connectivity index (χ2n) is 3.28. The molecule has 0 N–H and O–H groups in total. The first-order valence-electron chi connectivity index (χ1n) is 5.06. The van der Waals surface area contributed by atoms with Crippen molar-refractivity contribution in [2.75, 3.05) is 6.61 Å². The molecule has 4 heteroatoms. The number of benzene rings is 1. The molecule has 2 rings (SSSR count). The van der Waals surface area contributed by atoms with E-state index in [1.165, 1.54) is 6.26 Å². The van der Waals surface area contributed by atoms with E-state index in [-0.39, 0.29) is 18.2 Å². The number of furan rings is 1. The molecule has 0 unspecified atom stereocenters. The summed E-state index contributed by atoms with van der Waals surface area (Å²) in [7, 11) is 0. The van der Waals surface area contributed by atoms with Gasteiger partial charge in [0, 0.05) is 0 Å². The Hall–Kier alpha value is -2.36. The normalized spacial score (nSPS) is 9.88. The Morgan fingerprint density at radius 3 is 2.76 bits per heavy atom. The predicted molar refractivity (Wildman–Crippen MR) is 60.1 cm³/mol. The Morgan fingerprint density at radius 2 is 2.06 bits per heavy atom. The van der Waals surface area contributed by atoms with Gasteiger partial charge in [-0.05, 0) is 24.3 Å². The highest BCUT2D eigenvalue weighted by molar-refractivity contribution is 6.08. The van der Waals surface area contributed by atoms with Gasteiger partial charge < -0.3 is 9.15 Å². The Labute approximate surface area is 97.8 Å². The first kappa shape index (κ1) is 11.1. The standard InChI is InChI=1S/C13H10O4/c14-7-9-17-11-5-2-1-4-10(11)13(15)12-6-3-8-16-12/h1-8H,9H2. The summed E-state index contributed by atoms with van der Waals surface area (Å²) in [5.41, 5.74) is 0.379. The van der Waals surface area contributed by atoms with E-state index < -0.39 is 0 Å². The molecule has 1 aromatic heterocycles. The lowest BCUT2D eigenvalue weighted by Gasteiger charge is -2.06. The van der Waals surface area contributed by atoms with Gasteiger partial charge in [0.25, 0.3) is 0 Å². The molecule has 0 bridgehead atoms. The first-order valence-corrected chi connectivity index (χ1v) is 5.06. The summed E-state index contributed by atoms with van der Waals surface area (Å²) in [5.74, 6) is 0.352. The van der Waals surface area contributed by atoms with Crippen molar-refractivity contribution >= 4 is 12.1 Å². The van der Waals surface area contributed by atoms with Gasteiger partial charge in [0.1, 0.15) is 12.4 Å². The van der Waals surface area contributed by atoms with Crippen molar-refractivity contribution in [2.24, 2.45) is 0 Å². The minimum Gasteiger partial charge on any atom is -0.485 e. The van der Waals surface area contributed by atoms with Gasteiger partial charge in [-0.3, -0.25) is 9.59 Å². The van der Waals surface area contributed by atoms with E-state index >= 15 is 0 Å². The van der Waals surface area contributed by atoms with Crippen LogP contribution < -0.4 is 4.74 Å². The molecule has 86 valence electrons. The summed E-state index contributed by atoms with van der Waals surface area (Å²) in [4.78, 5) is 22.3. The fourth-order valence-corrected chi connectivity index (χ4v) is 1.44. The minimum absolute atomic E-state index is 0.0809. The van der Waals surface area contributed by atoms with Gasteiger partial charge in [-0.2, -0.15) is 0 Å². The lowest BCUT2D eigenvalue weighted by Crippen LogP contribution is -2.06. The van der Waals surface area contributed by atoms with Crippen molar-refractivity contribution in [2.45, 2.75) is 0 Å². The Balaban J connectivity index is 2.31. The van der Waals surface area contributed by atoms with Crippen molar-refractivity contribution in [3.8, 4) is 5.75 Å². The summed E-state index contributed by atoms with van der Waals surface area (Å²) in [6.07, 6.45) is 2.07. The molecule has 0 aliphatic rings. The van der Waals surface area contributed by atoms with E-state index in [1.807, 2.05) is 0 Å². The summed E-state index contributed by atoms with van der Waals surface area (Å²) < 4.78 is 10.2. The monoisotopic (exact) mass is 230 g/mol. The maximum Gasteiger partial charge on any atom is 0.231 e. The number of carbonyl (C=O) groups excluding carboxylic acids is 2. The molecule has 17 heavy (non-hydrogen) atoms. The Kier molecular flexibility index (Phi) is 3.35. The van der Waals surface area contributed by atoms with Crippen molar-refractivity contribution in [1.29, 1.82) is 0 Å². The molecule has 0 spiro atoms. The average molecular weight is 230 g/mol. The third-order valence-corrected chi connectivity index (χ3v) is 2.18. The van der Waals surface area contributed by atoms with Gasteiger partial charge in [-0.15, -0.1) is 0 Å². The van der Waals surface area contributed by atoms with E-state index in [9.17, 15) is 9.59 Å². The van der Waals surface area contributed by atoms with Gasteiger partial charge in [0.15, 0.2) is 12.0 Å². The molecular formula is C13H10O4. The first-order chi connectivity index (χ1) is 8.33. The maximum atomic E-state index is 12.0. The maximum absolute atomic E-state index is 12.0. The highest BCUT2D eigenvalue weighted by Crippen LogP contribution is 2.21. The molecule has 4 nitrogen and oxygen atoms in total. The molecule has 0 saturated carbocycles. The number of aldehydes is 1. The van der Waals surface area contributed by atoms with Crippen molar-refractivity contribution in [1.82, 2.24) is 0 Å². The number of hydrogen-bond acceptors (Lipinski definition) is 4. The van der Waals surface area contributed by atoms with E-state index in [2.05, 4.69) is 0 Å². The van der Waals surface area contributed by atoms with Crippen LogP contribution in [0.5, 0.6) is 5.75 Å². The molecule has 0 radical (unpaired) electrons. The van der Waals surface area contributed by atoms with Crippen LogP contribution >= 0.6 is 0 Å². The third-order valence-electron chi connectivity index (χ3n) is 2.18. The SMILES string of the molecule is O=CCOc1ccccc1C(=O)c1ccco1. The largest absolute Gasteiger partial charge is 0.485 e. The van der Waals surface area contributed by atoms with Gasteiger partial charge in [0.05, 0.1) is 11.8 Å². The number of hydrogen-bond donors (Lipinski definition) is 0. The zero-order chi connectivity index (χ0) is 12.1. The van der Waals surface area contributed by atoms with E-state index in [4.69, 9.17) is 9.15 Å². The molecule has 1 aromatic carbocycles. The quantitative estimate of drug-likeness (QED) is 0.583. The highest BCUT2D eigenvalue weighted by atomic mass is 16.5. The van der Waals surface area contributed by atoms with E-state index in [0.29, 0.717) is 17.6 Å². The summed E-state index contributed by atoms with van der Waals surface area (Å²) in [6, 6.07) is 9.95. The lowest BCUT2D eigenvalue weighted by atomic mass is 10.1. The van der Waals surface area contributed by atoms with Crippen molar-refractivity contribution in [3.05, 3.63) is 54.0 Å². The van der Waals surface area contributed by atoms with Gasteiger partial charge in [-0.1, -0.05) is 12.1 Å². The van der Waals surface area contributed by atoms with Crippen LogP contribution in [-0.4, -0.2) is 18.7 Å². The summed E-state index contributed by atoms with van der Waals surface area (Å²) >= 11 is 0. The average Bonchev–Trinajstić information content (AvgIpc) is 2.89. The van der Waals surface area contributed by atoms with Gasteiger partial charge >= 0.3 is 0 Å². The van der Waals surface area contributed by atoms with Crippen molar-refractivity contribution < 1.29 is 18.7 Å². The fraction of sp³-hybridized carbons (Fsp3) is 0.0769. The van der Waals surface area contributed by atoms with Gasteiger partial charge in [-0.25, -0.2) is 0 Å². The molecular weight excluding hydrogens is 220 g/mol. The molecule has 0 aliphatic carbocycles. The zero-order valence-electron chi connectivity index (χ0n) is 8.96. The van der Waals surface area contributed by atoms with E-state index in [0.717, 1.165) is 0 Å². The van der Waals surface area contributed by atoms with Crippen LogP contribution in [0.25, 0.3) is 0 Å². The number of carbonyl (C=O) groups is 2. The van der Waals surface area contributed by atoms with Crippen LogP contribution in [0.4, 0.5) is 0 Å². The van der Waals surface area contributed by atoms with Crippen molar-refractivity contribution in [3.63, 3.8) is 0 Å². The Bertz CT molecular complexity index is 514. The lowest BCUT2D eigenvalue weighted by molar-refractivity contribution is -0.109. The zero-order valence-corrected chi connectivity index (χ0v) is 8.96. The number of ether oxygens (including phenoxy) is 1. The van der Waals surface area contributed by atoms with Crippen LogP contribution in [0.3, 0.4) is 0 Å². The molecule has 0 aliphatic heterocycles. The topological polar surface area (TPSA) is 56.5 Å². The number of ketones is 1. The van der Waals surface area contributed by atoms with Crippen LogP contribution in [0, 0.1) is 0 Å². The third kappa shape index (κ3) is 2.42. The smallest absolute Gasteiger partial charge is 0.231 e. The van der Waals surface area contributed by atoms with E-state index in [1.54, 1.807) is 36.4 Å². The second kappa shape index (κ2) is 5.12. The fourth-order valence-electron chi connectivity index (χ4n) is 1.44. The van der Waals surface area contributed by atoms with Crippen LogP contribution in [0.15, 0.2) is 47.1 Å². The predicted octanol–water partition coefficient (Wildman–Crippen LogP) is 2.09. The highest BCUT2D eigenvalue weighted by Gasteiger charge is 2.16. The molecule has 0 saturated heterocycles. The molecule has 0 amide bonds. The summed E-state index contributed by atoms with van der Waals surface area (Å²) in [6.45, 7) is -0.0809. The molecule has 0 fully saturated rings. The molecule has 2 aromatic rings. The van der Waals surface area contributed by atoms with Crippen LogP contribution in [-0.2, 0) is 4.79 Å². The number of para-hydroxylation sites is 1. The second-order valence-corrected chi connectivity index (χ2v) is 3.28. The van der Waals surface area contributed by atoms with Crippen LogP contribution in [0.2, 0.25) is 0 Å².